The maximum atomic E-state index is 12.4. The van der Waals surface area contributed by atoms with Gasteiger partial charge in [0.05, 0.1) is 25.8 Å². The minimum Gasteiger partial charge on any atom is -0.466 e. The lowest BCUT2D eigenvalue weighted by molar-refractivity contribution is -0.143. The summed E-state index contributed by atoms with van der Waals surface area (Å²) in [6, 6.07) is 7.08. The number of halogens is 1. The number of amides is 1. The van der Waals surface area contributed by atoms with Crippen LogP contribution < -0.4 is 5.32 Å². The average Bonchev–Trinajstić information content (AvgIpc) is 3.05. The highest BCUT2D eigenvalue weighted by molar-refractivity contribution is 6.31. The summed E-state index contributed by atoms with van der Waals surface area (Å²) in [5.41, 5.74) is 1.07. The minimum absolute atomic E-state index is 0.0709. The Balaban J connectivity index is 2.01. The van der Waals surface area contributed by atoms with E-state index in [4.69, 9.17) is 16.3 Å². The maximum absolute atomic E-state index is 12.4. The lowest BCUT2D eigenvalue weighted by Gasteiger charge is -2.20. The van der Waals surface area contributed by atoms with Gasteiger partial charge < -0.3 is 10.1 Å². The Labute approximate surface area is 157 Å². The Kier molecular flexibility index (Phi) is 7.15. The molecule has 1 heterocycles. The van der Waals surface area contributed by atoms with Crippen LogP contribution in [0.15, 0.2) is 30.5 Å². The molecular weight excluding hydrogens is 356 g/mol. The molecule has 0 saturated heterocycles. The molecule has 7 nitrogen and oxygen atoms in total. The van der Waals surface area contributed by atoms with E-state index in [2.05, 4.69) is 15.6 Å². The molecule has 0 radical (unpaired) electrons. The number of aromatic nitrogens is 3. The predicted octanol–water partition coefficient (Wildman–Crippen LogP) is 2.69. The van der Waals surface area contributed by atoms with Crippen molar-refractivity contribution in [2.45, 2.75) is 39.8 Å². The zero-order chi connectivity index (χ0) is 19.1. The molecule has 0 aliphatic carbocycles. The van der Waals surface area contributed by atoms with E-state index in [-0.39, 0.29) is 36.0 Å². The number of hydrogen-bond donors (Lipinski definition) is 1. The monoisotopic (exact) mass is 378 g/mol. The van der Waals surface area contributed by atoms with Gasteiger partial charge in [-0.3, -0.25) is 9.59 Å². The van der Waals surface area contributed by atoms with Crippen LogP contribution in [-0.4, -0.2) is 39.5 Å². The summed E-state index contributed by atoms with van der Waals surface area (Å²) in [6.07, 6.45) is 1.67. The van der Waals surface area contributed by atoms with Crippen molar-refractivity contribution in [2.24, 2.45) is 5.92 Å². The van der Waals surface area contributed by atoms with Gasteiger partial charge in [-0.15, -0.1) is 5.10 Å². The number of carbonyl (C=O) groups excluding carboxylic acids is 2. The normalized spacial score (nSPS) is 12.0. The van der Waals surface area contributed by atoms with E-state index < -0.39 is 0 Å². The standard InChI is InChI=1S/C18H23ClN4O3/c1-4-26-17(24)9-15(12(2)3)20-18(25)16-11-23(22-21-16)10-13-7-5-6-8-14(13)19/h5-8,11-12,15H,4,9-10H2,1-3H3,(H,20,25)/t15-/m1/s1. The molecule has 0 spiro atoms. The first-order valence-electron chi connectivity index (χ1n) is 8.50. The van der Waals surface area contributed by atoms with Gasteiger partial charge >= 0.3 is 5.97 Å². The van der Waals surface area contributed by atoms with Crippen molar-refractivity contribution in [1.82, 2.24) is 20.3 Å². The topological polar surface area (TPSA) is 86.1 Å². The maximum Gasteiger partial charge on any atom is 0.307 e. The second kappa shape index (κ2) is 9.33. The number of carbonyl (C=O) groups is 2. The molecule has 0 aliphatic heterocycles. The van der Waals surface area contributed by atoms with Crippen molar-refractivity contribution in [3.63, 3.8) is 0 Å². The fraction of sp³-hybridized carbons (Fsp3) is 0.444. The van der Waals surface area contributed by atoms with Crippen LogP contribution in [0, 0.1) is 5.92 Å². The summed E-state index contributed by atoms with van der Waals surface area (Å²) in [7, 11) is 0. The molecule has 0 aliphatic rings. The Morgan fingerprint density at radius 2 is 2.04 bits per heavy atom. The van der Waals surface area contributed by atoms with Crippen LogP contribution in [-0.2, 0) is 16.1 Å². The van der Waals surface area contributed by atoms with Crippen LogP contribution in [0.25, 0.3) is 0 Å². The van der Waals surface area contributed by atoms with Gasteiger partial charge in [0, 0.05) is 11.1 Å². The Bertz CT molecular complexity index is 760. The van der Waals surface area contributed by atoms with Crippen LogP contribution in [0.5, 0.6) is 0 Å². The number of esters is 1. The molecule has 1 aromatic carbocycles. The number of nitrogens with zero attached hydrogens (tertiary/aromatic N) is 3. The average molecular weight is 379 g/mol. The highest BCUT2D eigenvalue weighted by Gasteiger charge is 2.22. The van der Waals surface area contributed by atoms with Crippen LogP contribution in [0.4, 0.5) is 0 Å². The van der Waals surface area contributed by atoms with Crippen LogP contribution in [0.3, 0.4) is 0 Å². The van der Waals surface area contributed by atoms with Gasteiger partial charge in [-0.05, 0) is 24.5 Å². The van der Waals surface area contributed by atoms with E-state index in [1.165, 1.54) is 0 Å². The summed E-state index contributed by atoms with van der Waals surface area (Å²) in [4.78, 5) is 24.1. The van der Waals surface area contributed by atoms with Crippen molar-refractivity contribution < 1.29 is 14.3 Å². The van der Waals surface area contributed by atoms with Crippen molar-refractivity contribution in [2.75, 3.05) is 6.61 Å². The summed E-state index contributed by atoms with van der Waals surface area (Å²) in [5.74, 6) is -0.645. The fourth-order valence-corrected chi connectivity index (χ4v) is 2.57. The number of benzene rings is 1. The summed E-state index contributed by atoms with van der Waals surface area (Å²) < 4.78 is 6.50. The Morgan fingerprint density at radius 3 is 2.69 bits per heavy atom. The van der Waals surface area contributed by atoms with Gasteiger partial charge in [0.2, 0.25) is 0 Å². The first-order chi connectivity index (χ1) is 12.4. The molecular formula is C18H23ClN4O3. The minimum atomic E-state index is -0.376. The van der Waals surface area contributed by atoms with Crippen LogP contribution >= 0.6 is 11.6 Å². The van der Waals surface area contributed by atoms with Gasteiger partial charge in [0.1, 0.15) is 0 Å². The van der Waals surface area contributed by atoms with Gasteiger partial charge in [-0.2, -0.15) is 0 Å². The van der Waals surface area contributed by atoms with Crippen molar-refractivity contribution in [1.29, 1.82) is 0 Å². The smallest absolute Gasteiger partial charge is 0.307 e. The van der Waals surface area contributed by atoms with E-state index in [0.29, 0.717) is 18.2 Å². The Morgan fingerprint density at radius 1 is 1.31 bits per heavy atom. The second-order valence-corrected chi connectivity index (χ2v) is 6.63. The lowest BCUT2D eigenvalue weighted by atomic mass is 10.0. The van der Waals surface area contributed by atoms with E-state index in [0.717, 1.165) is 5.56 Å². The van der Waals surface area contributed by atoms with Gasteiger partial charge in [0.15, 0.2) is 5.69 Å². The zero-order valence-electron chi connectivity index (χ0n) is 15.1. The first-order valence-corrected chi connectivity index (χ1v) is 8.88. The Hall–Kier alpha value is -2.41. The molecule has 1 amide bonds. The highest BCUT2D eigenvalue weighted by Crippen LogP contribution is 2.16. The third kappa shape index (κ3) is 5.56. The summed E-state index contributed by atoms with van der Waals surface area (Å²) >= 11 is 6.14. The molecule has 1 aromatic heterocycles. The number of ether oxygens (including phenoxy) is 1. The van der Waals surface area contributed by atoms with E-state index in [9.17, 15) is 9.59 Å². The number of nitrogens with one attached hydrogen (secondary N) is 1. The van der Waals surface area contributed by atoms with Gasteiger partial charge in [0.25, 0.3) is 5.91 Å². The van der Waals surface area contributed by atoms with Gasteiger partial charge in [-0.25, -0.2) is 4.68 Å². The second-order valence-electron chi connectivity index (χ2n) is 6.23. The molecule has 1 N–H and O–H groups in total. The molecule has 8 heteroatoms. The predicted molar refractivity (Wildman–Crippen MR) is 97.9 cm³/mol. The largest absolute Gasteiger partial charge is 0.466 e. The molecule has 2 aromatic rings. The molecule has 1 atom stereocenters. The SMILES string of the molecule is CCOC(=O)C[C@@H](NC(=O)c1cn(Cc2ccccc2Cl)nn1)C(C)C. The molecule has 0 fully saturated rings. The number of hydrogen-bond acceptors (Lipinski definition) is 5. The first kappa shape index (κ1) is 19.9. The van der Waals surface area contributed by atoms with Crippen molar-refractivity contribution in [3.05, 3.63) is 46.7 Å². The highest BCUT2D eigenvalue weighted by atomic mass is 35.5. The quantitative estimate of drug-likeness (QED) is 0.714. The van der Waals surface area contributed by atoms with Gasteiger partial charge in [-0.1, -0.05) is 48.9 Å². The molecule has 0 bridgehead atoms. The molecule has 26 heavy (non-hydrogen) atoms. The summed E-state index contributed by atoms with van der Waals surface area (Å²) in [6.45, 7) is 6.33. The van der Waals surface area contributed by atoms with Crippen molar-refractivity contribution in [3.8, 4) is 0 Å². The lowest BCUT2D eigenvalue weighted by Crippen LogP contribution is -2.40. The third-order valence-electron chi connectivity index (χ3n) is 3.87. The molecule has 0 unspecified atom stereocenters. The molecule has 140 valence electrons. The molecule has 0 saturated carbocycles. The van der Waals surface area contributed by atoms with Crippen LogP contribution in [0.2, 0.25) is 5.02 Å². The van der Waals surface area contributed by atoms with Crippen LogP contribution in [0.1, 0.15) is 43.2 Å². The van der Waals surface area contributed by atoms with E-state index in [1.807, 2.05) is 32.0 Å². The van der Waals surface area contributed by atoms with E-state index >= 15 is 0 Å². The zero-order valence-corrected chi connectivity index (χ0v) is 15.9. The molecule has 2 rings (SSSR count). The number of rotatable bonds is 8. The summed E-state index contributed by atoms with van der Waals surface area (Å²) in [5, 5.41) is 11.3. The van der Waals surface area contributed by atoms with E-state index in [1.54, 1.807) is 23.9 Å². The van der Waals surface area contributed by atoms with Crippen molar-refractivity contribution >= 4 is 23.5 Å². The fourth-order valence-electron chi connectivity index (χ4n) is 2.38. The third-order valence-corrected chi connectivity index (χ3v) is 4.24.